The molecule has 34 heavy (non-hydrogen) atoms. The van der Waals surface area contributed by atoms with Gasteiger partial charge in [-0.1, -0.05) is 84.0 Å². The predicted octanol–water partition coefficient (Wildman–Crippen LogP) is 6.16. The van der Waals surface area contributed by atoms with E-state index in [0.717, 1.165) is 27.7 Å². The Hall–Kier alpha value is -3.35. The van der Waals surface area contributed by atoms with E-state index >= 15 is 0 Å². The number of nitrogens with zero attached hydrogens (tertiary/aromatic N) is 3. The van der Waals surface area contributed by atoms with Crippen LogP contribution in [0.15, 0.2) is 84.0 Å². The van der Waals surface area contributed by atoms with E-state index in [1.54, 1.807) is 17.8 Å². The van der Waals surface area contributed by atoms with Crippen LogP contribution in [0.25, 0.3) is 11.8 Å². The quantitative estimate of drug-likeness (QED) is 0.238. The molecule has 4 rings (SSSR count). The Morgan fingerprint density at radius 1 is 1.00 bits per heavy atom. The van der Waals surface area contributed by atoms with Gasteiger partial charge < -0.3 is 5.32 Å². The van der Waals surface area contributed by atoms with E-state index in [2.05, 4.69) is 34.6 Å². The van der Waals surface area contributed by atoms with Gasteiger partial charge in [0.25, 0.3) is 0 Å². The maximum atomic E-state index is 12.4. The van der Waals surface area contributed by atoms with Crippen molar-refractivity contribution in [2.24, 2.45) is 0 Å². The first kappa shape index (κ1) is 23.8. The highest BCUT2D eigenvalue weighted by molar-refractivity contribution is 7.98. The van der Waals surface area contributed by atoms with Crippen molar-refractivity contribution < 1.29 is 4.79 Å². The van der Waals surface area contributed by atoms with Crippen LogP contribution in [0.5, 0.6) is 0 Å². The van der Waals surface area contributed by atoms with E-state index in [-0.39, 0.29) is 12.5 Å². The first-order chi connectivity index (χ1) is 16.5. The third kappa shape index (κ3) is 5.95. The van der Waals surface area contributed by atoms with Gasteiger partial charge in [0.1, 0.15) is 0 Å². The van der Waals surface area contributed by atoms with Crippen LogP contribution >= 0.6 is 23.4 Å². The van der Waals surface area contributed by atoms with Gasteiger partial charge in [-0.25, -0.2) is 0 Å². The molecular formula is C27H25ClN4OS. The fraction of sp³-hybridized carbons (Fsp3) is 0.148. The van der Waals surface area contributed by atoms with Crippen LogP contribution in [-0.2, 0) is 17.1 Å². The van der Waals surface area contributed by atoms with Gasteiger partial charge in [0.15, 0.2) is 11.0 Å². The first-order valence-electron chi connectivity index (χ1n) is 10.9. The Bertz CT molecular complexity index is 1320. The van der Waals surface area contributed by atoms with Crippen LogP contribution < -0.4 is 5.32 Å². The van der Waals surface area contributed by atoms with Crippen molar-refractivity contribution in [3.8, 4) is 5.69 Å². The molecular weight excluding hydrogens is 464 g/mol. The lowest BCUT2D eigenvalue weighted by atomic mass is 10.1. The molecule has 7 heteroatoms. The molecule has 5 nitrogen and oxygen atoms in total. The summed E-state index contributed by atoms with van der Waals surface area (Å²) < 4.78 is 1.98. The lowest BCUT2D eigenvalue weighted by Crippen LogP contribution is -2.22. The second-order valence-corrected chi connectivity index (χ2v) is 9.22. The van der Waals surface area contributed by atoms with Crippen LogP contribution in [0.4, 0.5) is 0 Å². The zero-order valence-electron chi connectivity index (χ0n) is 19.0. The first-order valence-corrected chi connectivity index (χ1v) is 12.3. The van der Waals surface area contributed by atoms with Gasteiger partial charge in [-0.3, -0.25) is 9.36 Å². The summed E-state index contributed by atoms with van der Waals surface area (Å²) in [6.07, 6.45) is 3.30. The minimum atomic E-state index is -0.199. The van der Waals surface area contributed by atoms with Crippen LogP contribution in [0.2, 0.25) is 5.02 Å². The molecule has 0 fully saturated rings. The Morgan fingerprint density at radius 2 is 1.76 bits per heavy atom. The highest BCUT2D eigenvalue weighted by Gasteiger charge is 2.17. The second-order valence-electron chi connectivity index (χ2n) is 7.84. The highest BCUT2D eigenvalue weighted by atomic mass is 35.5. The molecule has 1 heterocycles. The van der Waals surface area contributed by atoms with Crippen molar-refractivity contribution in [2.45, 2.75) is 31.3 Å². The summed E-state index contributed by atoms with van der Waals surface area (Å²) >= 11 is 7.93. The van der Waals surface area contributed by atoms with Crippen LogP contribution in [-0.4, -0.2) is 20.7 Å². The second kappa shape index (κ2) is 11.2. The third-order valence-electron chi connectivity index (χ3n) is 5.38. The van der Waals surface area contributed by atoms with Crippen molar-refractivity contribution in [1.29, 1.82) is 0 Å². The van der Waals surface area contributed by atoms with Crippen molar-refractivity contribution in [1.82, 2.24) is 20.1 Å². The van der Waals surface area contributed by atoms with E-state index in [1.807, 2.05) is 72.2 Å². The molecule has 3 aromatic carbocycles. The molecule has 0 saturated carbocycles. The third-order valence-corrected chi connectivity index (χ3v) is 6.59. The average molecular weight is 489 g/mol. The van der Waals surface area contributed by atoms with E-state index < -0.39 is 0 Å². The summed E-state index contributed by atoms with van der Waals surface area (Å²) in [5.74, 6) is 1.20. The van der Waals surface area contributed by atoms with Crippen LogP contribution in [0, 0.1) is 13.8 Å². The van der Waals surface area contributed by atoms with Gasteiger partial charge in [-0.15, -0.1) is 10.2 Å². The minimum Gasteiger partial charge on any atom is -0.345 e. The van der Waals surface area contributed by atoms with Crippen molar-refractivity contribution in [2.75, 3.05) is 0 Å². The summed E-state index contributed by atoms with van der Waals surface area (Å²) in [6.45, 7) is 4.36. The molecule has 1 amide bonds. The molecule has 0 aliphatic rings. The number of thioether (sulfide) groups is 1. The van der Waals surface area contributed by atoms with Crippen LogP contribution in [0.3, 0.4) is 0 Å². The number of aryl methyl sites for hydroxylation is 2. The summed E-state index contributed by atoms with van der Waals surface area (Å²) in [5.41, 5.74) is 5.38. The lowest BCUT2D eigenvalue weighted by Gasteiger charge is -2.14. The summed E-state index contributed by atoms with van der Waals surface area (Å²) in [4.78, 5) is 12.4. The number of hydrogen-bond acceptors (Lipinski definition) is 4. The zero-order chi connectivity index (χ0) is 23.9. The summed E-state index contributed by atoms with van der Waals surface area (Å²) in [6, 6.07) is 23.7. The fourth-order valence-electron chi connectivity index (χ4n) is 3.45. The van der Waals surface area contributed by atoms with Crippen molar-refractivity contribution in [3.63, 3.8) is 0 Å². The predicted molar refractivity (Wildman–Crippen MR) is 139 cm³/mol. The SMILES string of the molecule is Cc1ccccc1CSc1nnc(CNC(=O)/C=C/c2ccccc2)n1-c1cc(Cl)ccc1C. The maximum Gasteiger partial charge on any atom is 0.244 e. The topological polar surface area (TPSA) is 59.8 Å². The van der Waals surface area contributed by atoms with Crippen molar-refractivity contribution in [3.05, 3.63) is 112 Å². The molecule has 0 spiro atoms. The van der Waals surface area contributed by atoms with E-state index in [1.165, 1.54) is 17.2 Å². The molecule has 0 unspecified atom stereocenters. The van der Waals surface area contributed by atoms with Gasteiger partial charge in [-0.2, -0.15) is 0 Å². The van der Waals surface area contributed by atoms with Gasteiger partial charge in [0.05, 0.1) is 12.2 Å². The van der Waals surface area contributed by atoms with Gasteiger partial charge >= 0.3 is 0 Å². The van der Waals surface area contributed by atoms with Gasteiger partial charge in [0.2, 0.25) is 5.91 Å². The number of hydrogen-bond donors (Lipinski definition) is 1. The number of halogens is 1. The minimum absolute atomic E-state index is 0.199. The number of rotatable bonds is 8. The molecule has 0 saturated heterocycles. The Kier molecular flexibility index (Phi) is 7.83. The number of carbonyl (C=O) groups excluding carboxylic acids is 1. The normalized spacial score (nSPS) is 11.1. The van der Waals surface area contributed by atoms with E-state index in [9.17, 15) is 4.79 Å². The van der Waals surface area contributed by atoms with E-state index in [4.69, 9.17) is 11.6 Å². The molecule has 0 radical (unpaired) electrons. The van der Waals surface area contributed by atoms with Gasteiger partial charge in [-0.05, 0) is 54.3 Å². The Morgan fingerprint density at radius 3 is 2.56 bits per heavy atom. The molecule has 0 atom stereocenters. The Labute approximate surface area is 208 Å². The molecule has 1 N–H and O–H groups in total. The molecule has 0 aliphatic carbocycles. The van der Waals surface area contributed by atoms with Crippen molar-refractivity contribution >= 4 is 35.3 Å². The molecule has 4 aromatic rings. The number of carbonyl (C=O) groups is 1. The lowest BCUT2D eigenvalue weighted by molar-refractivity contribution is -0.116. The molecule has 0 aliphatic heterocycles. The average Bonchev–Trinajstić information content (AvgIpc) is 3.25. The highest BCUT2D eigenvalue weighted by Crippen LogP contribution is 2.29. The monoisotopic (exact) mass is 488 g/mol. The maximum absolute atomic E-state index is 12.4. The summed E-state index contributed by atoms with van der Waals surface area (Å²) in [5, 5.41) is 13.1. The molecule has 172 valence electrons. The molecule has 0 bridgehead atoms. The standard InChI is InChI=1S/C27H25ClN4OS/c1-19-8-6-7-11-22(19)18-34-27-31-30-25(32(27)24-16-23(28)14-12-20(24)2)17-29-26(33)15-13-21-9-4-3-5-10-21/h3-16H,17-18H2,1-2H3,(H,29,33)/b15-13+. The largest absolute Gasteiger partial charge is 0.345 e. The number of nitrogens with one attached hydrogen (secondary N) is 1. The number of aromatic nitrogens is 3. The van der Waals surface area contributed by atoms with Crippen LogP contribution in [0.1, 0.15) is 28.1 Å². The summed E-state index contributed by atoms with van der Waals surface area (Å²) in [7, 11) is 0. The number of amides is 1. The molecule has 1 aromatic heterocycles. The van der Waals surface area contributed by atoms with Gasteiger partial charge in [0, 0.05) is 16.9 Å². The Balaban J connectivity index is 1.56. The fourth-order valence-corrected chi connectivity index (χ4v) is 4.66. The zero-order valence-corrected chi connectivity index (χ0v) is 20.6. The number of benzene rings is 3. The smallest absolute Gasteiger partial charge is 0.244 e. The van der Waals surface area contributed by atoms with E-state index in [0.29, 0.717) is 10.8 Å².